The summed E-state index contributed by atoms with van der Waals surface area (Å²) in [4.78, 5) is 0. The molecular formula is C109H102N8+4. The number of aryl methyl sites for hydroxylation is 9. The maximum Gasteiger partial charge on any atom is 0.295 e. The molecule has 2 saturated carbocycles. The van der Waals surface area contributed by atoms with E-state index in [2.05, 4.69) is 421 Å². The molecule has 8 aromatic heterocycles. The van der Waals surface area contributed by atoms with E-state index in [-0.39, 0.29) is 0 Å². The predicted octanol–water partition coefficient (Wildman–Crippen LogP) is 25.7. The molecule has 2 fully saturated rings. The van der Waals surface area contributed by atoms with Crippen LogP contribution in [0.5, 0.6) is 0 Å². The van der Waals surface area contributed by atoms with Gasteiger partial charge in [0, 0.05) is 66.3 Å². The van der Waals surface area contributed by atoms with E-state index in [4.69, 9.17) is 0 Å². The number of rotatable bonds is 8. The van der Waals surface area contributed by atoms with Crippen LogP contribution >= 0.6 is 0 Å². The maximum absolute atomic E-state index is 2.61. The molecule has 12 aromatic carbocycles. The Kier molecular flexibility index (Phi) is 19.8. The molecule has 0 N–H and O–H groups in total. The Morgan fingerprint density at radius 3 is 1.12 bits per heavy atom. The second kappa shape index (κ2) is 31.3. The topological polar surface area (TPSA) is 34.2 Å². The summed E-state index contributed by atoms with van der Waals surface area (Å²) in [7, 11) is 8.62. The first-order chi connectivity index (χ1) is 57.4. The summed E-state index contributed by atoms with van der Waals surface area (Å²) in [5.41, 5.74) is 30.2. The SMILES string of the molecule is Cc1cc[n+](C)c(-n2c3ccccc3c3cccc(C)c32)c1.Cc1cccc2c3ccccc3n(-c3cccc[n+]3C)c12.Cc1cccc2c3ccccc3n3c(-c4c(-c5ccccc5)cccc4-c4ccccc4)c[n+](C)c3c12.Cc1cccc2c3ccccc3n3c(-c4c(C5CCCCC5)cccc4C4CCCCC4)c[n+](C)c3c12. The van der Waals surface area contributed by atoms with Crippen molar-refractivity contribution in [3.05, 3.63) is 361 Å². The van der Waals surface area contributed by atoms with E-state index in [1.54, 1.807) is 16.7 Å². The van der Waals surface area contributed by atoms with E-state index in [1.807, 2.05) is 0 Å². The van der Waals surface area contributed by atoms with Gasteiger partial charge in [-0.25, -0.2) is 18.3 Å². The van der Waals surface area contributed by atoms with E-state index in [9.17, 15) is 0 Å². The Morgan fingerprint density at radius 1 is 0.282 bits per heavy atom. The first-order valence-electron chi connectivity index (χ1n) is 42.3. The highest BCUT2D eigenvalue weighted by atomic mass is 15.1. The summed E-state index contributed by atoms with van der Waals surface area (Å²) in [5.74, 6) is 3.73. The van der Waals surface area contributed by atoms with Gasteiger partial charge in [-0.1, -0.05) is 263 Å². The number of hydrogen-bond donors (Lipinski definition) is 0. The molecule has 0 bridgehead atoms. The van der Waals surface area contributed by atoms with Gasteiger partial charge in [0.2, 0.25) is 0 Å². The number of aromatic nitrogens is 8. The standard InChI is InChI=1S/C35H39N2.C35H27N2.C20H19N2.C19H17N2/c2*1-24-13-11-21-30-29-18-9-10-22-31(29)37-32(23-36(2)35(37)33(24)30)34-27(25-14-5-3-6-15-25)19-12-20-28(34)26-16-7-4-8-17-26;1-14-11-12-21(3)19(13-14)22-18-10-5-4-8-16(18)17-9-6-7-15(2)20(17)22;1-14-8-7-10-16-15-9-3-4-11-17(15)21(19(14)16)18-12-5-6-13-20(18)2/h9-13,18-23,25-26H,3-8,14-17H2,1-2H3;3-23H,1-2H3;4-13H,1-3H3;3-13H,1-2H3/q4*+1. The highest BCUT2D eigenvalue weighted by Gasteiger charge is 2.34. The third-order valence-electron chi connectivity index (χ3n) is 25.6. The molecule has 2 aliphatic carbocycles. The Labute approximate surface area is 686 Å². The van der Waals surface area contributed by atoms with Crippen molar-refractivity contribution in [3.8, 4) is 56.4 Å². The third kappa shape index (κ3) is 13.1. The van der Waals surface area contributed by atoms with Crippen LogP contribution in [0.1, 0.15) is 115 Å². The van der Waals surface area contributed by atoms with Gasteiger partial charge in [-0.3, -0.25) is 0 Å². The first kappa shape index (κ1) is 74.1. The summed E-state index contributed by atoms with van der Waals surface area (Å²) in [6, 6.07) is 108. The molecular weight excluding hydrogens is 1420 g/mol. The quantitative estimate of drug-likeness (QED) is 0.107. The van der Waals surface area contributed by atoms with Crippen molar-refractivity contribution in [2.75, 3.05) is 0 Å². The van der Waals surface area contributed by atoms with Gasteiger partial charge in [0.1, 0.15) is 45.5 Å². The minimum atomic E-state index is 0.677. The van der Waals surface area contributed by atoms with Crippen molar-refractivity contribution in [1.82, 2.24) is 17.9 Å². The van der Waals surface area contributed by atoms with Gasteiger partial charge in [-0.2, -0.15) is 17.9 Å². The zero-order chi connectivity index (χ0) is 79.5. The lowest BCUT2D eigenvalue weighted by Crippen LogP contribution is -2.33. The summed E-state index contributed by atoms with van der Waals surface area (Å²) in [6.45, 7) is 11.0. The van der Waals surface area contributed by atoms with Crippen LogP contribution in [0, 0.1) is 34.6 Å². The van der Waals surface area contributed by atoms with Crippen LogP contribution in [-0.2, 0) is 28.2 Å². The van der Waals surface area contributed by atoms with Crippen molar-refractivity contribution in [3.63, 3.8) is 0 Å². The fraction of sp³-hybridized carbons (Fsp3) is 0.193. The lowest BCUT2D eigenvalue weighted by Gasteiger charge is -2.29. The second-order valence-electron chi connectivity index (χ2n) is 33.0. The minimum Gasteiger partial charge on any atom is -0.237 e. The molecule has 0 amide bonds. The zero-order valence-electron chi connectivity index (χ0n) is 68.9. The van der Waals surface area contributed by atoms with Gasteiger partial charge in [-0.15, -0.1) is 0 Å². The monoisotopic (exact) mass is 1520 g/mol. The number of hydrogen-bond acceptors (Lipinski definition) is 0. The van der Waals surface area contributed by atoms with Crippen LogP contribution < -0.4 is 18.3 Å². The van der Waals surface area contributed by atoms with Crippen LogP contribution in [0.15, 0.2) is 322 Å². The molecule has 8 heteroatoms. The van der Waals surface area contributed by atoms with Crippen molar-refractivity contribution in [2.45, 2.75) is 111 Å². The highest BCUT2D eigenvalue weighted by Crippen LogP contribution is 2.48. The van der Waals surface area contributed by atoms with E-state index in [0.29, 0.717) is 11.8 Å². The molecule has 22 rings (SSSR count). The number of pyridine rings is 4. The zero-order valence-corrected chi connectivity index (χ0v) is 68.9. The van der Waals surface area contributed by atoms with Gasteiger partial charge < -0.3 is 0 Å². The van der Waals surface area contributed by atoms with Gasteiger partial charge in [-0.05, 0) is 194 Å². The lowest BCUT2D eigenvalue weighted by atomic mass is 9.76. The molecule has 0 atom stereocenters. The van der Waals surface area contributed by atoms with Gasteiger partial charge >= 0.3 is 0 Å². The Hall–Kier alpha value is -13.0. The van der Waals surface area contributed by atoms with Gasteiger partial charge in [0.25, 0.3) is 22.9 Å². The number of para-hydroxylation sites is 6. The molecule has 574 valence electrons. The second-order valence-corrected chi connectivity index (χ2v) is 33.0. The fourth-order valence-corrected chi connectivity index (χ4v) is 20.2. The molecule has 8 nitrogen and oxygen atoms in total. The third-order valence-corrected chi connectivity index (χ3v) is 25.6. The lowest BCUT2D eigenvalue weighted by molar-refractivity contribution is -0.665. The summed E-state index contributed by atoms with van der Waals surface area (Å²) in [5, 5.41) is 13.2. The van der Waals surface area contributed by atoms with Crippen molar-refractivity contribution in [2.24, 2.45) is 28.2 Å². The van der Waals surface area contributed by atoms with Gasteiger partial charge in [0.05, 0.1) is 51.4 Å². The molecule has 20 aromatic rings. The fourth-order valence-electron chi connectivity index (χ4n) is 20.2. The molecule has 8 heterocycles. The van der Waals surface area contributed by atoms with Crippen LogP contribution in [0.4, 0.5) is 0 Å². The number of imidazole rings is 2. The maximum atomic E-state index is 2.61. The summed E-state index contributed by atoms with van der Waals surface area (Å²) >= 11 is 0. The number of nitrogens with zero attached hydrogens (tertiary/aromatic N) is 8. The first-order valence-corrected chi connectivity index (χ1v) is 42.3. The average Bonchev–Trinajstić information content (AvgIpc) is 1.64. The molecule has 0 saturated heterocycles. The van der Waals surface area contributed by atoms with Crippen molar-refractivity contribution in [1.29, 1.82) is 0 Å². The number of fused-ring (bicyclic) bond motifs is 18. The predicted molar refractivity (Wildman–Crippen MR) is 488 cm³/mol. The highest BCUT2D eigenvalue weighted by molar-refractivity contribution is 6.15. The molecule has 0 aliphatic heterocycles. The summed E-state index contributed by atoms with van der Waals surface area (Å²) < 4.78 is 18.9. The van der Waals surface area contributed by atoms with Crippen molar-refractivity contribution >= 4 is 98.3 Å². The summed E-state index contributed by atoms with van der Waals surface area (Å²) in [6.07, 6.45) is 22.6. The largest absolute Gasteiger partial charge is 0.295 e. The van der Waals surface area contributed by atoms with E-state index < -0.39 is 0 Å². The van der Waals surface area contributed by atoms with Gasteiger partial charge in [0.15, 0.2) is 11.4 Å². The van der Waals surface area contributed by atoms with E-state index in [0.717, 1.165) is 0 Å². The van der Waals surface area contributed by atoms with Crippen molar-refractivity contribution < 1.29 is 18.3 Å². The average molecular weight is 1520 g/mol. The van der Waals surface area contributed by atoms with Crippen LogP contribution in [0.25, 0.3) is 155 Å². The molecule has 117 heavy (non-hydrogen) atoms. The van der Waals surface area contributed by atoms with Crippen LogP contribution in [-0.4, -0.2) is 17.9 Å². The van der Waals surface area contributed by atoms with Crippen LogP contribution in [0.3, 0.4) is 0 Å². The normalized spacial score (nSPS) is 13.4. The smallest absolute Gasteiger partial charge is 0.237 e. The molecule has 2 aliphatic rings. The number of benzene rings is 12. The Balaban J connectivity index is 0.000000107. The van der Waals surface area contributed by atoms with Crippen LogP contribution in [0.2, 0.25) is 0 Å². The van der Waals surface area contributed by atoms with E-state index >= 15 is 0 Å². The van der Waals surface area contributed by atoms with E-state index in [1.165, 1.54) is 241 Å². The molecule has 0 radical (unpaired) electrons. The minimum absolute atomic E-state index is 0.677. The molecule has 0 spiro atoms. The Morgan fingerprint density at radius 2 is 0.650 bits per heavy atom. The molecule has 0 unspecified atom stereocenters. The Bertz CT molecular complexity index is 7100.